The van der Waals surface area contributed by atoms with E-state index in [1.165, 1.54) is 29.5 Å². The van der Waals surface area contributed by atoms with E-state index in [2.05, 4.69) is 10.2 Å². The molecule has 0 saturated carbocycles. The van der Waals surface area contributed by atoms with Crippen molar-refractivity contribution in [2.24, 2.45) is 0 Å². The summed E-state index contributed by atoms with van der Waals surface area (Å²) in [5, 5.41) is 2.73. The summed E-state index contributed by atoms with van der Waals surface area (Å²) in [5.74, 6) is -1.05. The summed E-state index contributed by atoms with van der Waals surface area (Å²) in [7, 11) is -3.40. The average Bonchev–Trinajstić information content (AvgIpc) is 3.38. The first-order valence-electron chi connectivity index (χ1n) is 10.7. The van der Waals surface area contributed by atoms with Crippen LogP contribution in [0.2, 0.25) is 0 Å². The molecule has 2 aromatic carbocycles. The van der Waals surface area contributed by atoms with Crippen molar-refractivity contribution in [3.8, 4) is 0 Å². The molecule has 0 bridgehead atoms. The third-order valence-electron chi connectivity index (χ3n) is 5.78. The number of hydrogen-bond acceptors (Lipinski definition) is 6. The second-order valence-corrected chi connectivity index (χ2v) is 10.2. The van der Waals surface area contributed by atoms with Crippen LogP contribution in [0.5, 0.6) is 0 Å². The van der Waals surface area contributed by atoms with Crippen molar-refractivity contribution in [3.05, 3.63) is 53.6 Å². The molecule has 170 valence electrons. The van der Waals surface area contributed by atoms with Crippen LogP contribution in [0.25, 0.3) is 0 Å². The number of esters is 1. The highest BCUT2D eigenvalue weighted by molar-refractivity contribution is 7.92. The van der Waals surface area contributed by atoms with Gasteiger partial charge in [-0.1, -0.05) is 0 Å². The maximum atomic E-state index is 12.4. The maximum Gasteiger partial charge on any atom is 0.338 e. The van der Waals surface area contributed by atoms with Crippen molar-refractivity contribution in [2.75, 3.05) is 40.5 Å². The van der Waals surface area contributed by atoms with Crippen molar-refractivity contribution < 1.29 is 22.7 Å². The fraction of sp³-hybridized carbons (Fsp3) is 0.391. The zero-order chi connectivity index (χ0) is 22.9. The van der Waals surface area contributed by atoms with Crippen molar-refractivity contribution >= 4 is 39.0 Å². The Hall–Kier alpha value is -3.07. The molecule has 8 nitrogen and oxygen atoms in total. The lowest BCUT2D eigenvalue weighted by molar-refractivity contribution is -0.119. The molecule has 1 N–H and O–H groups in total. The van der Waals surface area contributed by atoms with Crippen molar-refractivity contribution in [1.82, 2.24) is 0 Å². The number of amides is 1. The van der Waals surface area contributed by atoms with Crippen LogP contribution < -0.4 is 14.5 Å². The first kappa shape index (κ1) is 22.1. The molecule has 1 fully saturated rings. The number of ether oxygens (including phenoxy) is 1. The van der Waals surface area contributed by atoms with E-state index in [0.29, 0.717) is 17.8 Å². The van der Waals surface area contributed by atoms with Gasteiger partial charge in [0.25, 0.3) is 5.91 Å². The standard InChI is InChI=1S/C23H27N3O5S/c1-16-13-18-14-17(5-10-21(18)26(16)32(2,29)30)23(28)31-15-22(27)24-19-6-8-20(9-7-19)25-11-3-4-12-25/h5-10,14,16H,3-4,11-13,15H2,1-2H3,(H,24,27). The van der Waals surface area contributed by atoms with E-state index in [1.807, 2.05) is 31.2 Å². The minimum Gasteiger partial charge on any atom is -0.452 e. The molecule has 1 saturated heterocycles. The molecule has 0 aliphatic carbocycles. The van der Waals surface area contributed by atoms with Gasteiger partial charge < -0.3 is 15.0 Å². The zero-order valence-electron chi connectivity index (χ0n) is 18.2. The van der Waals surface area contributed by atoms with Gasteiger partial charge in [-0.3, -0.25) is 9.10 Å². The number of nitrogens with zero attached hydrogens (tertiary/aromatic N) is 2. The van der Waals surface area contributed by atoms with E-state index >= 15 is 0 Å². The van der Waals surface area contributed by atoms with Crippen LogP contribution in [0.3, 0.4) is 0 Å². The van der Waals surface area contributed by atoms with Gasteiger partial charge in [0.05, 0.1) is 17.5 Å². The van der Waals surface area contributed by atoms with Gasteiger partial charge in [0.15, 0.2) is 6.61 Å². The molecule has 9 heteroatoms. The highest BCUT2D eigenvalue weighted by Crippen LogP contribution is 2.34. The summed E-state index contributed by atoms with van der Waals surface area (Å²) < 4.78 is 30.6. The second kappa shape index (κ2) is 8.82. The molecular formula is C23H27N3O5S. The normalized spacial score (nSPS) is 17.9. The first-order chi connectivity index (χ1) is 15.2. The van der Waals surface area contributed by atoms with Crippen molar-refractivity contribution in [1.29, 1.82) is 0 Å². The van der Waals surface area contributed by atoms with E-state index in [0.717, 1.165) is 24.3 Å². The number of rotatable bonds is 6. The lowest BCUT2D eigenvalue weighted by Gasteiger charge is -2.21. The van der Waals surface area contributed by atoms with Crippen LogP contribution in [-0.2, 0) is 26.0 Å². The highest BCUT2D eigenvalue weighted by atomic mass is 32.2. The Morgan fingerprint density at radius 2 is 1.78 bits per heavy atom. The number of carbonyl (C=O) groups is 2. The lowest BCUT2D eigenvalue weighted by atomic mass is 10.1. The van der Waals surface area contributed by atoms with Crippen LogP contribution in [0.1, 0.15) is 35.7 Å². The number of hydrogen-bond donors (Lipinski definition) is 1. The van der Waals surface area contributed by atoms with E-state index < -0.39 is 28.5 Å². The van der Waals surface area contributed by atoms with Gasteiger partial charge in [0, 0.05) is 30.5 Å². The summed E-state index contributed by atoms with van der Waals surface area (Å²) in [6.07, 6.45) is 4.07. The van der Waals surface area contributed by atoms with Crippen LogP contribution in [-0.4, -0.2) is 52.3 Å². The van der Waals surface area contributed by atoms with Crippen LogP contribution in [0.4, 0.5) is 17.1 Å². The summed E-state index contributed by atoms with van der Waals surface area (Å²) in [6.45, 7) is 3.52. The van der Waals surface area contributed by atoms with Gasteiger partial charge in [-0.15, -0.1) is 0 Å². The first-order valence-corrected chi connectivity index (χ1v) is 12.5. The lowest BCUT2D eigenvalue weighted by Crippen LogP contribution is -2.34. The molecule has 2 aliphatic rings. The SMILES string of the molecule is CC1Cc2cc(C(=O)OCC(=O)Nc3ccc(N4CCCC4)cc3)ccc2N1S(C)(=O)=O. The average molecular weight is 458 g/mol. The molecule has 32 heavy (non-hydrogen) atoms. The van der Waals surface area contributed by atoms with Gasteiger partial charge in [-0.25, -0.2) is 13.2 Å². The summed E-state index contributed by atoms with van der Waals surface area (Å²) in [4.78, 5) is 26.9. The number of fused-ring (bicyclic) bond motifs is 1. The maximum absolute atomic E-state index is 12.4. The van der Waals surface area contributed by atoms with Crippen LogP contribution in [0.15, 0.2) is 42.5 Å². The topological polar surface area (TPSA) is 96.0 Å². The Bertz CT molecular complexity index is 1120. The van der Waals surface area contributed by atoms with Gasteiger partial charge in [-0.2, -0.15) is 0 Å². The van der Waals surface area contributed by atoms with Crippen LogP contribution in [0, 0.1) is 0 Å². The summed E-state index contributed by atoms with van der Waals surface area (Å²) >= 11 is 0. The van der Waals surface area contributed by atoms with Gasteiger partial charge in [-0.05, 0) is 74.2 Å². The minimum atomic E-state index is -3.40. The monoisotopic (exact) mass is 457 g/mol. The number of sulfonamides is 1. The third-order valence-corrected chi connectivity index (χ3v) is 7.05. The predicted octanol–water partition coefficient (Wildman–Crippen LogP) is 2.79. The molecule has 0 radical (unpaired) electrons. The molecule has 2 aromatic rings. The number of benzene rings is 2. The Balaban J connectivity index is 1.33. The molecule has 2 heterocycles. The zero-order valence-corrected chi connectivity index (χ0v) is 19.0. The van der Waals surface area contributed by atoms with E-state index in [4.69, 9.17) is 4.74 Å². The third kappa shape index (κ3) is 4.72. The molecule has 2 aliphatic heterocycles. The molecule has 1 unspecified atom stereocenters. The Morgan fingerprint density at radius 3 is 2.44 bits per heavy atom. The smallest absolute Gasteiger partial charge is 0.338 e. The van der Waals surface area contributed by atoms with Crippen LogP contribution >= 0.6 is 0 Å². The molecule has 4 rings (SSSR count). The van der Waals surface area contributed by atoms with Crippen molar-refractivity contribution in [2.45, 2.75) is 32.2 Å². The number of nitrogens with one attached hydrogen (secondary N) is 1. The van der Waals surface area contributed by atoms with E-state index in [-0.39, 0.29) is 11.6 Å². The highest BCUT2D eigenvalue weighted by Gasteiger charge is 2.33. The molecular weight excluding hydrogens is 430 g/mol. The quantitative estimate of drug-likeness (QED) is 0.670. The van der Waals surface area contributed by atoms with Crippen molar-refractivity contribution in [3.63, 3.8) is 0 Å². The molecule has 0 aromatic heterocycles. The minimum absolute atomic E-state index is 0.214. The predicted molar refractivity (Wildman–Crippen MR) is 124 cm³/mol. The number of carbonyl (C=O) groups excluding carboxylic acids is 2. The molecule has 0 spiro atoms. The fourth-order valence-corrected chi connectivity index (χ4v) is 5.64. The van der Waals surface area contributed by atoms with E-state index in [9.17, 15) is 18.0 Å². The number of anilines is 3. The van der Waals surface area contributed by atoms with Gasteiger partial charge >= 0.3 is 5.97 Å². The van der Waals surface area contributed by atoms with E-state index in [1.54, 1.807) is 12.1 Å². The molecule has 1 amide bonds. The Labute approximate surface area is 188 Å². The summed E-state index contributed by atoms with van der Waals surface area (Å²) in [5.41, 5.74) is 3.40. The second-order valence-electron chi connectivity index (χ2n) is 8.32. The summed E-state index contributed by atoms with van der Waals surface area (Å²) in [6, 6.07) is 12.2. The fourth-order valence-electron chi connectivity index (χ4n) is 4.38. The Morgan fingerprint density at radius 1 is 1.09 bits per heavy atom. The Kier molecular flexibility index (Phi) is 6.10. The van der Waals surface area contributed by atoms with Gasteiger partial charge in [0.1, 0.15) is 0 Å². The largest absolute Gasteiger partial charge is 0.452 e. The molecule has 1 atom stereocenters. The van der Waals surface area contributed by atoms with Gasteiger partial charge in [0.2, 0.25) is 10.0 Å².